The first-order valence-corrected chi connectivity index (χ1v) is 9.11. The third-order valence-corrected chi connectivity index (χ3v) is 5.89. The lowest BCUT2D eigenvalue weighted by Crippen LogP contribution is -2.42. The maximum absolute atomic E-state index is 12.5. The van der Waals surface area contributed by atoms with E-state index < -0.39 is 10.0 Å². The largest absolute Gasteiger partial charge is 0.389 e. The van der Waals surface area contributed by atoms with Gasteiger partial charge in [0.05, 0.1) is 4.90 Å². The Morgan fingerprint density at radius 1 is 1.33 bits per heavy atom. The zero-order chi connectivity index (χ0) is 15.6. The van der Waals surface area contributed by atoms with Gasteiger partial charge in [-0.2, -0.15) is 0 Å². The second-order valence-electron chi connectivity index (χ2n) is 6.02. The molecule has 3 unspecified atom stereocenters. The Bertz CT molecular complexity index is 628. The summed E-state index contributed by atoms with van der Waals surface area (Å²) in [4.78, 5) is 0.422. The Morgan fingerprint density at radius 3 is 2.67 bits per heavy atom. The second kappa shape index (κ2) is 6.42. The molecule has 116 valence electrons. The monoisotopic (exact) mass is 326 g/mol. The fourth-order valence-corrected chi connectivity index (χ4v) is 4.48. The van der Waals surface area contributed by atoms with Gasteiger partial charge in [-0.1, -0.05) is 38.2 Å². The van der Waals surface area contributed by atoms with Gasteiger partial charge in [-0.25, -0.2) is 13.1 Å². The molecule has 21 heavy (non-hydrogen) atoms. The number of sulfonamides is 1. The summed E-state index contributed by atoms with van der Waals surface area (Å²) in [6.45, 7) is 4.32. The normalized spacial score (nSPS) is 26.5. The average Bonchev–Trinajstić information content (AvgIpc) is 2.42. The van der Waals surface area contributed by atoms with Gasteiger partial charge < -0.3 is 5.73 Å². The molecule has 3 atom stereocenters. The smallest absolute Gasteiger partial charge is 0.240 e. The van der Waals surface area contributed by atoms with Crippen LogP contribution in [-0.2, 0) is 10.0 Å². The first kappa shape index (κ1) is 16.4. The van der Waals surface area contributed by atoms with E-state index in [2.05, 4.69) is 18.6 Å². The number of hydrogen-bond donors (Lipinski definition) is 2. The molecule has 1 aliphatic carbocycles. The summed E-state index contributed by atoms with van der Waals surface area (Å²) >= 11 is 4.90. The van der Waals surface area contributed by atoms with Gasteiger partial charge in [0.2, 0.25) is 10.0 Å². The molecule has 0 aromatic heterocycles. The molecular formula is C15H22N2O2S2. The zero-order valence-electron chi connectivity index (χ0n) is 12.4. The highest BCUT2D eigenvalue weighted by Crippen LogP contribution is 2.29. The molecule has 1 aliphatic rings. The summed E-state index contributed by atoms with van der Waals surface area (Å²) in [7, 11) is -3.53. The Balaban J connectivity index is 2.18. The fraction of sp³-hybridized carbons (Fsp3) is 0.533. The molecule has 0 radical (unpaired) electrons. The van der Waals surface area contributed by atoms with Crippen molar-refractivity contribution in [3.05, 3.63) is 29.8 Å². The highest BCUT2D eigenvalue weighted by Gasteiger charge is 2.29. The lowest BCUT2D eigenvalue weighted by Gasteiger charge is -2.32. The van der Waals surface area contributed by atoms with Crippen LogP contribution in [0.2, 0.25) is 0 Å². The summed E-state index contributed by atoms with van der Waals surface area (Å²) in [5.74, 6) is 1.01. The molecule has 3 N–H and O–H groups in total. The molecule has 1 fully saturated rings. The predicted molar refractivity (Wildman–Crippen MR) is 88.6 cm³/mol. The van der Waals surface area contributed by atoms with Crippen LogP contribution in [0.25, 0.3) is 0 Å². The minimum Gasteiger partial charge on any atom is -0.389 e. The Hall–Kier alpha value is -0.980. The number of thiocarbonyl (C=S) groups is 1. The van der Waals surface area contributed by atoms with E-state index in [1.54, 1.807) is 18.2 Å². The van der Waals surface area contributed by atoms with Gasteiger partial charge in [-0.3, -0.25) is 0 Å². The van der Waals surface area contributed by atoms with Crippen molar-refractivity contribution < 1.29 is 8.42 Å². The van der Waals surface area contributed by atoms with Crippen molar-refractivity contribution in [2.45, 2.75) is 44.0 Å². The van der Waals surface area contributed by atoms with Crippen molar-refractivity contribution in [1.82, 2.24) is 4.72 Å². The van der Waals surface area contributed by atoms with Crippen LogP contribution in [0.3, 0.4) is 0 Å². The molecule has 0 heterocycles. The van der Waals surface area contributed by atoms with Gasteiger partial charge >= 0.3 is 0 Å². The van der Waals surface area contributed by atoms with Gasteiger partial charge in [0.1, 0.15) is 4.99 Å². The standard InChI is InChI=1S/C15H22N2O2S2/c1-10-6-7-14(11(2)8-10)17-21(18,19)13-5-3-4-12(9-13)15(16)20/h3-5,9-11,14,17H,6-8H2,1-2H3,(H2,16,20). The summed E-state index contributed by atoms with van der Waals surface area (Å²) in [5, 5.41) is 0. The van der Waals surface area contributed by atoms with E-state index in [4.69, 9.17) is 18.0 Å². The highest BCUT2D eigenvalue weighted by molar-refractivity contribution is 7.89. The Labute approximate surface area is 132 Å². The first-order valence-electron chi connectivity index (χ1n) is 7.22. The molecule has 1 saturated carbocycles. The lowest BCUT2D eigenvalue weighted by molar-refractivity contribution is 0.249. The van der Waals surface area contributed by atoms with Crippen molar-refractivity contribution in [2.75, 3.05) is 0 Å². The van der Waals surface area contributed by atoms with Crippen molar-refractivity contribution in [3.8, 4) is 0 Å². The van der Waals surface area contributed by atoms with Crippen molar-refractivity contribution in [1.29, 1.82) is 0 Å². The molecule has 0 spiro atoms. The van der Waals surface area contributed by atoms with Gasteiger partial charge in [-0.15, -0.1) is 0 Å². The van der Waals surface area contributed by atoms with E-state index in [9.17, 15) is 8.42 Å². The quantitative estimate of drug-likeness (QED) is 0.834. The molecule has 2 rings (SSSR count). The molecule has 1 aromatic carbocycles. The lowest BCUT2D eigenvalue weighted by atomic mass is 9.80. The molecule has 1 aromatic rings. The molecular weight excluding hydrogens is 304 g/mol. The van der Waals surface area contributed by atoms with Crippen molar-refractivity contribution in [2.24, 2.45) is 17.6 Å². The van der Waals surface area contributed by atoms with Crippen molar-refractivity contribution in [3.63, 3.8) is 0 Å². The molecule has 0 bridgehead atoms. The van der Waals surface area contributed by atoms with E-state index in [1.807, 2.05) is 0 Å². The third-order valence-electron chi connectivity index (χ3n) is 4.17. The van der Waals surface area contributed by atoms with Crippen LogP contribution in [0.1, 0.15) is 38.7 Å². The second-order valence-corrected chi connectivity index (χ2v) is 8.17. The molecule has 6 heteroatoms. The number of nitrogens with two attached hydrogens (primary N) is 1. The maximum Gasteiger partial charge on any atom is 0.240 e. The van der Waals surface area contributed by atoms with Crippen LogP contribution in [0.4, 0.5) is 0 Å². The molecule has 4 nitrogen and oxygen atoms in total. The van der Waals surface area contributed by atoms with E-state index in [1.165, 1.54) is 6.07 Å². The van der Waals surface area contributed by atoms with E-state index >= 15 is 0 Å². The Morgan fingerprint density at radius 2 is 2.05 bits per heavy atom. The van der Waals surface area contributed by atoms with Gasteiger partial charge in [0.15, 0.2) is 0 Å². The fourth-order valence-electron chi connectivity index (χ4n) is 2.92. The zero-order valence-corrected chi connectivity index (χ0v) is 14.0. The molecule has 0 aliphatic heterocycles. The maximum atomic E-state index is 12.5. The summed E-state index contributed by atoms with van der Waals surface area (Å²) < 4.78 is 27.9. The van der Waals surface area contributed by atoms with Gasteiger partial charge in [0, 0.05) is 11.6 Å². The van der Waals surface area contributed by atoms with Crippen LogP contribution in [-0.4, -0.2) is 19.4 Å². The number of rotatable bonds is 4. The van der Waals surface area contributed by atoms with Crippen LogP contribution >= 0.6 is 12.2 Å². The van der Waals surface area contributed by atoms with E-state index in [-0.39, 0.29) is 15.9 Å². The van der Waals surface area contributed by atoms with Crippen molar-refractivity contribution >= 4 is 27.2 Å². The van der Waals surface area contributed by atoms with Crippen LogP contribution in [0.5, 0.6) is 0 Å². The highest BCUT2D eigenvalue weighted by atomic mass is 32.2. The first-order chi connectivity index (χ1) is 9.79. The molecule has 0 saturated heterocycles. The minimum atomic E-state index is -3.53. The number of nitrogens with one attached hydrogen (secondary N) is 1. The third kappa shape index (κ3) is 4.02. The number of benzene rings is 1. The predicted octanol–water partition coefficient (Wildman–Crippen LogP) is 2.42. The van der Waals surface area contributed by atoms with Gasteiger partial charge in [0.25, 0.3) is 0 Å². The molecule has 0 amide bonds. The van der Waals surface area contributed by atoms with E-state index in [0.717, 1.165) is 19.3 Å². The number of hydrogen-bond acceptors (Lipinski definition) is 3. The van der Waals surface area contributed by atoms with Crippen LogP contribution in [0.15, 0.2) is 29.2 Å². The van der Waals surface area contributed by atoms with Gasteiger partial charge in [-0.05, 0) is 43.2 Å². The Kier molecular flexibility index (Phi) is 5.01. The van der Waals surface area contributed by atoms with E-state index in [0.29, 0.717) is 17.4 Å². The average molecular weight is 326 g/mol. The van der Waals surface area contributed by atoms with Crippen LogP contribution < -0.4 is 10.5 Å². The summed E-state index contributed by atoms with van der Waals surface area (Å²) in [6, 6.07) is 6.47. The summed E-state index contributed by atoms with van der Waals surface area (Å²) in [5.41, 5.74) is 6.13. The topological polar surface area (TPSA) is 72.2 Å². The van der Waals surface area contributed by atoms with Crippen LogP contribution in [0, 0.1) is 11.8 Å². The summed E-state index contributed by atoms with van der Waals surface area (Å²) in [6.07, 6.45) is 3.00. The minimum absolute atomic E-state index is 0.000292. The SMILES string of the molecule is CC1CCC(NS(=O)(=O)c2cccc(C(N)=S)c2)C(C)C1.